The first kappa shape index (κ1) is 20.5. The van der Waals surface area contributed by atoms with Crippen LogP contribution >= 0.6 is 11.8 Å². The number of benzene rings is 1. The standard InChI is InChI=1S/C18H24N2O4S2/c1-18(2,3)20-26(22,23)16-10-9-15(24-16)17(21)19-11-12-25-13-14-7-5-4-6-8-14/h4-10,20H,11-13H2,1-3H3,(H,19,21). The van der Waals surface area contributed by atoms with Crippen molar-refractivity contribution in [2.45, 2.75) is 37.2 Å². The number of hydrogen-bond donors (Lipinski definition) is 2. The van der Waals surface area contributed by atoms with E-state index in [0.717, 1.165) is 11.5 Å². The van der Waals surface area contributed by atoms with Crippen molar-refractivity contribution in [1.82, 2.24) is 10.0 Å². The molecule has 6 nitrogen and oxygen atoms in total. The zero-order valence-corrected chi connectivity index (χ0v) is 16.7. The van der Waals surface area contributed by atoms with Crippen LogP contribution in [0.15, 0.2) is 52.0 Å². The van der Waals surface area contributed by atoms with E-state index in [2.05, 4.69) is 22.2 Å². The lowest BCUT2D eigenvalue weighted by molar-refractivity contribution is 0.0923. The molecule has 2 aromatic rings. The minimum absolute atomic E-state index is 0.0210. The highest BCUT2D eigenvalue weighted by Gasteiger charge is 2.26. The third-order valence-electron chi connectivity index (χ3n) is 3.15. The number of furan rings is 1. The molecule has 1 aromatic carbocycles. The summed E-state index contributed by atoms with van der Waals surface area (Å²) in [5.41, 5.74) is 0.598. The van der Waals surface area contributed by atoms with Crippen LogP contribution in [0.3, 0.4) is 0 Å². The van der Waals surface area contributed by atoms with Crippen LogP contribution in [0.25, 0.3) is 0 Å². The van der Waals surface area contributed by atoms with Gasteiger partial charge in [-0.2, -0.15) is 11.8 Å². The summed E-state index contributed by atoms with van der Waals surface area (Å²) in [6.07, 6.45) is 0. The average molecular weight is 397 g/mol. The van der Waals surface area contributed by atoms with Gasteiger partial charge in [-0.05, 0) is 38.5 Å². The molecule has 0 aliphatic heterocycles. The first-order valence-electron chi connectivity index (χ1n) is 8.21. The highest BCUT2D eigenvalue weighted by molar-refractivity contribution is 7.98. The Morgan fingerprint density at radius 3 is 2.46 bits per heavy atom. The van der Waals surface area contributed by atoms with E-state index in [9.17, 15) is 13.2 Å². The normalized spacial score (nSPS) is 12.1. The number of thioether (sulfide) groups is 1. The van der Waals surface area contributed by atoms with Crippen molar-refractivity contribution in [3.8, 4) is 0 Å². The summed E-state index contributed by atoms with van der Waals surface area (Å²) in [7, 11) is -3.79. The summed E-state index contributed by atoms with van der Waals surface area (Å²) in [5, 5.41) is 2.46. The third-order valence-corrected chi connectivity index (χ3v) is 5.81. The van der Waals surface area contributed by atoms with Crippen LogP contribution in [0.4, 0.5) is 0 Å². The summed E-state index contributed by atoms with van der Waals surface area (Å²) in [6.45, 7) is 5.66. The van der Waals surface area contributed by atoms with Crippen LogP contribution in [0, 0.1) is 0 Å². The van der Waals surface area contributed by atoms with Gasteiger partial charge in [-0.3, -0.25) is 4.79 Å². The SMILES string of the molecule is CC(C)(C)NS(=O)(=O)c1ccc(C(=O)NCCSCc2ccccc2)o1. The van der Waals surface area contributed by atoms with E-state index < -0.39 is 21.5 Å². The molecular weight excluding hydrogens is 372 g/mol. The molecule has 2 rings (SSSR count). The zero-order valence-electron chi connectivity index (χ0n) is 15.1. The largest absolute Gasteiger partial charge is 0.438 e. The van der Waals surface area contributed by atoms with Crippen molar-refractivity contribution < 1.29 is 17.6 Å². The highest BCUT2D eigenvalue weighted by atomic mass is 32.2. The Bertz CT molecular complexity index is 824. The molecule has 0 spiro atoms. The minimum atomic E-state index is -3.79. The number of sulfonamides is 1. The van der Waals surface area contributed by atoms with Gasteiger partial charge in [0.15, 0.2) is 5.76 Å². The van der Waals surface area contributed by atoms with Crippen LogP contribution in [0.5, 0.6) is 0 Å². The van der Waals surface area contributed by atoms with Gasteiger partial charge < -0.3 is 9.73 Å². The Kier molecular flexibility index (Phi) is 6.91. The summed E-state index contributed by atoms with van der Waals surface area (Å²) in [6, 6.07) is 12.7. The van der Waals surface area contributed by atoms with E-state index in [1.807, 2.05) is 18.2 Å². The predicted octanol–water partition coefficient (Wildman–Crippen LogP) is 3.02. The maximum atomic E-state index is 12.2. The fourth-order valence-corrected chi connectivity index (χ4v) is 4.30. The molecule has 1 aromatic heterocycles. The molecule has 142 valence electrons. The van der Waals surface area contributed by atoms with E-state index in [1.165, 1.54) is 17.7 Å². The Labute approximate surface area is 158 Å². The molecule has 0 radical (unpaired) electrons. The number of carbonyl (C=O) groups excluding carboxylic acids is 1. The van der Waals surface area contributed by atoms with Crippen molar-refractivity contribution in [3.63, 3.8) is 0 Å². The second-order valence-corrected chi connectivity index (χ2v) is 9.49. The maximum absolute atomic E-state index is 12.2. The zero-order chi connectivity index (χ0) is 19.2. The van der Waals surface area contributed by atoms with E-state index >= 15 is 0 Å². The summed E-state index contributed by atoms with van der Waals surface area (Å²) in [4.78, 5) is 12.1. The lowest BCUT2D eigenvalue weighted by Gasteiger charge is -2.18. The fraction of sp³-hybridized carbons (Fsp3) is 0.389. The van der Waals surface area contributed by atoms with Crippen LogP contribution in [-0.4, -0.2) is 32.2 Å². The number of carbonyl (C=O) groups is 1. The van der Waals surface area contributed by atoms with Crippen molar-refractivity contribution in [1.29, 1.82) is 0 Å². The highest BCUT2D eigenvalue weighted by Crippen LogP contribution is 2.16. The van der Waals surface area contributed by atoms with Crippen molar-refractivity contribution >= 4 is 27.7 Å². The van der Waals surface area contributed by atoms with Gasteiger partial charge in [0, 0.05) is 23.6 Å². The molecule has 1 amide bonds. The quantitative estimate of drug-likeness (QED) is 0.670. The number of amides is 1. The molecule has 0 unspecified atom stereocenters. The minimum Gasteiger partial charge on any atom is -0.438 e. The van der Waals surface area contributed by atoms with Gasteiger partial charge in [0.25, 0.3) is 15.9 Å². The van der Waals surface area contributed by atoms with Crippen LogP contribution in [0.1, 0.15) is 36.9 Å². The molecule has 0 bridgehead atoms. The fourth-order valence-electron chi connectivity index (χ4n) is 2.13. The van der Waals surface area contributed by atoms with Crippen molar-refractivity contribution in [2.75, 3.05) is 12.3 Å². The topological polar surface area (TPSA) is 88.4 Å². The molecule has 8 heteroatoms. The van der Waals surface area contributed by atoms with Gasteiger partial charge in [-0.15, -0.1) is 0 Å². The Morgan fingerprint density at radius 2 is 1.81 bits per heavy atom. The van der Waals surface area contributed by atoms with Crippen molar-refractivity contribution in [2.24, 2.45) is 0 Å². The molecular formula is C18H24N2O4S2. The Balaban J connectivity index is 1.80. The molecule has 0 saturated carbocycles. The average Bonchev–Trinajstić information content (AvgIpc) is 3.04. The van der Waals surface area contributed by atoms with E-state index in [0.29, 0.717) is 6.54 Å². The van der Waals surface area contributed by atoms with Gasteiger partial charge in [-0.25, -0.2) is 13.1 Å². The second kappa shape index (κ2) is 8.75. The maximum Gasteiger partial charge on any atom is 0.287 e. The summed E-state index contributed by atoms with van der Waals surface area (Å²) in [5.74, 6) is 1.17. The molecule has 2 N–H and O–H groups in total. The first-order valence-corrected chi connectivity index (χ1v) is 10.8. The predicted molar refractivity (Wildman–Crippen MR) is 104 cm³/mol. The van der Waals surface area contributed by atoms with E-state index in [1.54, 1.807) is 32.5 Å². The second-order valence-electron chi connectivity index (χ2n) is 6.77. The van der Waals surface area contributed by atoms with E-state index in [4.69, 9.17) is 4.42 Å². The van der Waals surface area contributed by atoms with Crippen LogP contribution in [-0.2, 0) is 15.8 Å². The van der Waals surface area contributed by atoms with Crippen molar-refractivity contribution in [3.05, 3.63) is 53.8 Å². The summed E-state index contributed by atoms with van der Waals surface area (Å²) >= 11 is 1.71. The molecule has 0 aliphatic rings. The summed E-state index contributed by atoms with van der Waals surface area (Å²) < 4.78 is 32.1. The van der Waals surface area contributed by atoms with Gasteiger partial charge in [-0.1, -0.05) is 30.3 Å². The smallest absolute Gasteiger partial charge is 0.287 e. The molecule has 0 saturated heterocycles. The van der Waals surface area contributed by atoms with Gasteiger partial charge in [0.1, 0.15) is 0 Å². The van der Waals surface area contributed by atoms with Crippen LogP contribution < -0.4 is 10.0 Å². The number of rotatable bonds is 8. The van der Waals surface area contributed by atoms with Gasteiger partial charge in [0.05, 0.1) is 0 Å². The monoisotopic (exact) mass is 396 g/mol. The van der Waals surface area contributed by atoms with Crippen LogP contribution in [0.2, 0.25) is 0 Å². The lowest BCUT2D eigenvalue weighted by Crippen LogP contribution is -2.40. The third kappa shape index (κ3) is 6.51. The van der Waals surface area contributed by atoms with E-state index in [-0.39, 0.29) is 10.9 Å². The number of hydrogen-bond acceptors (Lipinski definition) is 5. The Hall–Kier alpha value is -1.77. The van der Waals surface area contributed by atoms with Gasteiger partial charge in [0.2, 0.25) is 5.09 Å². The molecule has 26 heavy (non-hydrogen) atoms. The molecule has 0 aliphatic carbocycles. The molecule has 0 fully saturated rings. The molecule has 0 atom stereocenters. The lowest BCUT2D eigenvalue weighted by atomic mass is 10.1. The van der Waals surface area contributed by atoms with Gasteiger partial charge >= 0.3 is 0 Å². The number of nitrogens with one attached hydrogen (secondary N) is 2. The Morgan fingerprint density at radius 1 is 1.12 bits per heavy atom. The molecule has 1 heterocycles. The first-order chi connectivity index (χ1) is 12.2.